The molecule has 4 aliphatic carbocycles. The van der Waals surface area contributed by atoms with Crippen LogP contribution in [-0.4, -0.2) is 23.8 Å². The van der Waals surface area contributed by atoms with E-state index in [2.05, 4.69) is 13.8 Å². The van der Waals surface area contributed by atoms with Gasteiger partial charge in [-0.25, -0.2) is 0 Å². The van der Waals surface area contributed by atoms with Crippen LogP contribution in [-0.2, 0) is 9.59 Å². The Labute approximate surface area is 152 Å². The SMILES string of the molecule is CC12CCC(=O)C=C1CCC1C2CCC2(C)C(C=O)CCC12.CCO. The molecule has 0 aromatic heterocycles. The Morgan fingerprint density at radius 1 is 1.12 bits per heavy atom. The van der Waals surface area contributed by atoms with Gasteiger partial charge in [-0.3, -0.25) is 4.79 Å². The maximum Gasteiger partial charge on any atom is 0.155 e. The Hall–Kier alpha value is -0.960. The summed E-state index contributed by atoms with van der Waals surface area (Å²) in [5.74, 6) is 2.88. The number of ketones is 1. The quantitative estimate of drug-likeness (QED) is 0.719. The van der Waals surface area contributed by atoms with Gasteiger partial charge in [-0.2, -0.15) is 0 Å². The molecule has 3 fully saturated rings. The van der Waals surface area contributed by atoms with Crippen molar-refractivity contribution in [2.45, 2.75) is 72.1 Å². The van der Waals surface area contributed by atoms with Crippen molar-refractivity contribution >= 4 is 12.1 Å². The van der Waals surface area contributed by atoms with Gasteiger partial charge in [0.1, 0.15) is 6.29 Å². The molecule has 0 aromatic carbocycles. The van der Waals surface area contributed by atoms with E-state index in [0.29, 0.717) is 5.78 Å². The van der Waals surface area contributed by atoms with Crippen molar-refractivity contribution in [3.8, 4) is 0 Å². The van der Waals surface area contributed by atoms with E-state index in [4.69, 9.17) is 5.11 Å². The number of aliphatic hydroxyl groups excluding tert-OH is 1. The molecule has 0 aromatic rings. The molecule has 4 rings (SSSR count). The molecule has 3 heteroatoms. The highest BCUT2D eigenvalue weighted by molar-refractivity contribution is 5.91. The number of fused-ring (bicyclic) bond motifs is 5. The van der Waals surface area contributed by atoms with Crippen LogP contribution in [0.3, 0.4) is 0 Å². The lowest BCUT2D eigenvalue weighted by atomic mass is 9.47. The molecule has 0 aliphatic heterocycles. The maximum absolute atomic E-state index is 11.8. The minimum atomic E-state index is 0.250. The maximum atomic E-state index is 11.8. The van der Waals surface area contributed by atoms with E-state index in [1.54, 1.807) is 6.92 Å². The van der Waals surface area contributed by atoms with Gasteiger partial charge < -0.3 is 9.90 Å². The van der Waals surface area contributed by atoms with Crippen LogP contribution in [0.5, 0.6) is 0 Å². The first-order chi connectivity index (χ1) is 11.9. The summed E-state index contributed by atoms with van der Waals surface area (Å²) in [5.41, 5.74) is 1.96. The Morgan fingerprint density at radius 3 is 2.52 bits per heavy atom. The molecule has 25 heavy (non-hydrogen) atoms. The summed E-state index contributed by atoms with van der Waals surface area (Å²) in [4.78, 5) is 23.3. The van der Waals surface area contributed by atoms with Gasteiger partial charge in [0.15, 0.2) is 5.78 Å². The van der Waals surface area contributed by atoms with E-state index in [9.17, 15) is 9.59 Å². The lowest BCUT2D eigenvalue weighted by Gasteiger charge is -2.57. The number of aliphatic hydroxyl groups is 1. The van der Waals surface area contributed by atoms with Gasteiger partial charge >= 0.3 is 0 Å². The Balaban J connectivity index is 0.000000569. The Kier molecular flexibility index (Phi) is 5.26. The van der Waals surface area contributed by atoms with E-state index in [1.807, 2.05) is 6.08 Å². The molecule has 0 spiro atoms. The van der Waals surface area contributed by atoms with Crippen LogP contribution in [0.25, 0.3) is 0 Å². The molecule has 0 amide bonds. The summed E-state index contributed by atoms with van der Waals surface area (Å²) in [6.07, 6.45) is 12.2. The highest BCUT2D eigenvalue weighted by atomic mass is 16.2. The van der Waals surface area contributed by atoms with E-state index >= 15 is 0 Å². The molecule has 3 nitrogen and oxygen atoms in total. The Bertz CT molecular complexity index is 566. The monoisotopic (exact) mass is 346 g/mol. The number of carbonyl (C=O) groups is 2. The summed E-state index contributed by atoms with van der Waals surface area (Å²) in [6.45, 7) is 6.74. The fourth-order valence-electron chi connectivity index (χ4n) is 6.82. The molecule has 0 bridgehead atoms. The zero-order chi connectivity index (χ0) is 18.2. The summed E-state index contributed by atoms with van der Waals surface area (Å²) >= 11 is 0. The molecule has 0 radical (unpaired) electrons. The fraction of sp³-hybridized carbons (Fsp3) is 0.818. The molecule has 6 atom stereocenters. The average molecular weight is 347 g/mol. The van der Waals surface area contributed by atoms with Gasteiger partial charge in [-0.05, 0) is 86.5 Å². The molecule has 1 N–H and O–H groups in total. The molecular formula is C22H34O3. The first-order valence-electron chi connectivity index (χ1n) is 10.2. The van der Waals surface area contributed by atoms with Crippen molar-refractivity contribution in [3.05, 3.63) is 11.6 Å². The van der Waals surface area contributed by atoms with Crippen LogP contribution in [0.15, 0.2) is 11.6 Å². The average Bonchev–Trinajstić information content (AvgIpc) is 2.92. The zero-order valence-electron chi connectivity index (χ0n) is 16.1. The van der Waals surface area contributed by atoms with Gasteiger partial charge in [-0.15, -0.1) is 0 Å². The largest absolute Gasteiger partial charge is 0.397 e. The van der Waals surface area contributed by atoms with Gasteiger partial charge in [0.25, 0.3) is 0 Å². The number of rotatable bonds is 1. The van der Waals surface area contributed by atoms with E-state index in [-0.39, 0.29) is 23.4 Å². The minimum absolute atomic E-state index is 0.250. The standard InChI is InChI=1S/C20H28O2.C2H6O/c1-19-9-7-15(22)11-13(19)3-5-16-17-6-4-14(12-21)20(17,2)10-8-18(16)19;1-2-3/h11-12,14,16-18H,3-10H2,1-2H3;3H,2H2,1H3. The van der Waals surface area contributed by atoms with Gasteiger partial charge in [0.05, 0.1) is 0 Å². The number of carbonyl (C=O) groups excluding carboxylic acids is 2. The molecule has 6 unspecified atom stereocenters. The number of hydrogen-bond acceptors (Lipinski definition) is 3. The predicted octanol–water partition coefficient (Wildman–Crippen LogP) is 4.33. The van der Waals surface area contributed by atoms with E-state index in [1.165, 1.54) is 37.5 Å². The number of allylic oxidation sites excluding steroid dienone is 1. The molecule has 4 aliphatic rings. The number of hydrogen-bond donors (Lipinski definition) is 1. The first kappa shape index (κ1) is 18.8. The van der Waals surface area contributed by atoms with Gasteiger partial charge in [-0.1, -0.05) is 19.4 Å². The lowest BCUT2D eigenvalue weighted by Crippen LogP contribution is -2.50. The summed E-state index contributed by atoms with van der Waals surface area (Å²) < 4.78 is 0. The van der Waals surface area contributed by atoms with E-state index in [0.717, 1.165) is 43.4 Å². The predicted molar refractivity (Wildman–Crippen MR) is 99.0 cm³/mol. The normalized spacial score (nSPS) is 45.3. The zero-order valence-corrected chi connectivity index (χ0v) is 16.1. The molecule has 3 saturated carbocycles. The van der Waals surface area contributed by atoms with Gasteiger partial charge in [0, 0.05) is 18.9 Å². The summed E-state index contributed by atoms with van der Waals surface area (Å²) in [5, 5.41) is 7.57. The van der Waals surface area contributed by atoms with E-state index < -0.39 is 0 Å². The fourth-order valence-corrected chi connectivity index (χ4v) is 6.82. The second-order valence-electron chi connectivity index (χ2n) is 9.15. The third-order valence-electron chi connectivity index (χ3n) is 8.20. The summed E-state index contributed by atoms with van der Waals surface area (Å²) in [6, 6.07) is 0. The van der Waals surface area contributed by atoms with Crippen molar-refractivity contribution in [1.29, 1.82) is 0 Å². The van der Waals surface area contributed by atoms with Crippen molar-refractivity contribution in [2.75, 3.05) is 6.61 Å². The number of aldehydes is 1. The second kappa shape index (κ2) is 6.98. The third-order valence-corrected chi connectivity index (χ3v) is 8.20. The van der Waals surface area contributed by atoms with Crippen molar-refractivity contribution < 1.29 is 14.7 Å². The van der Waals surface area contributed by atoms with Crippen LogP contribution in [0, 0.1) is 34.5 Å². The van der Waals surface area contributed by atoms with Crippen molar-refractivity contribution in [2.24, 2.45) is 34.5 Å². The minimum Gasteiger partial charge on any atom is -0.397 e. The van der Waals surface area contributed by atoms with Crippen molar-refractivity contribution in [3.63, 3.8) is 0 Å². The third kappa shape index (κ3) is 2.93. The smallest absolute Gasteiger partial charge is 0.155 e. The first-order valence-corrected chi connectivity index (χ1v) is 10.2. The van der Waals surface area contributed by atoms with Crippen LogP contribution in [0.4, 0.5) is 0 Å². The topological polar surface area (TPSA) is 54.4 Å². The lowest BCUT2D eigenvalue weighted by molar-refractivity contribution is -0.120. The highest BCUT2D eigenvalue weighted by Gasteiger charge is 2.58. The molecule has 0 heterocycles. The molecular weight excluding hydrogens is 312 g/mol. The highest BCUT2D eigenvalue weighted by Crippen LogP contribution is 2.66. The van der Waals surface area contributed by atoms with Crippen molar-refractivity contribution in [1.82, 2.24) is 0 Å². The summed E-state index contributed by atoms with van der Waals surface area (Å²) in [7, 11) is 0. The van der Waals surface area contributed by atoms with Crippen LogP contribution in [0.1, 0.15) is 72.1 Å². The van der Waals surface area contributed by atoms with Crippen LogP contribution < -0.4 is 0 Å². The molecule has 140 valence electrons. The van der Waals surface area contributed by atoms with Gasteiger partial charge in [0.2, 0.25) is 0 Å². The second-order valence-corrected chi connectivity index (χ2v) is 9.15. The van der Waals surface area contributed by atoms with Crippen LogP contribution >= 0.6 is 0 Å². The molecule has 0 saturated heterocycles. The Morgan fingerprint density at radius 2 is 1.84 bits per heavy atom. The van der Waals surface area contributed by atoms with Crippen LogP contribution in [0.2, 0.25) is 0 Å².